The molecule has 0 radical (unpaired) electrons. The van der Waals surface area contributed by atoms with Gasteiger partial charge in [0.25, 0.3) is 0 Å². The average Bonchev–Trinajstić information content (AvgIpc) is 2.30. The molecule has 1 atom stereocenters. The summed E-state index contributed by atoms with van der Waals surface area (Å²) in [5.41, 5.74) is 0. The number of hydrogen-bond acceptors (Lipinski definition) is 3. The van der Waals surface area contributed by atoms with Crippen molar-refractivity contribution in [2.75, 3.05) is 0 Å². The molecular weight excluding hydrogens is 196 g/mol. The first-order valence-electron chi connectivity index (χ1n) is 4.98. The molecule has 80 valence electrons. The lowest BCUT2D eigenvalue weighted by Crippen LogP contribution is -2.28. The summed E-state index contributed by atoms with van der Waals surface area (Å²) in [7, 11) is -1.71. The number of hydrogen-bond donors (Lipinski definition) is 0. The Bertz CT molecular complexity index is 276. The molecule has 0 aromatic heterocycles. The minimum absolute atomic E-state index is 0.00993. The summed E-state index contributed by atoms with van der Waals surface area (Å²) >= 11 is 0. The van der Waals surface area contributed by atoms with E-state index in [9.17, 15) is 4.79 Å². The number of Topliss-reactive ketones (excluding diaryl/α,β-unsaturated/α-hetero) is 1. The molecule has 0 saturated heterocycles. The van der Waals surface area contributed by atoms with Gasteiger partial charge in [-0.3, -0.25) is 4.79 Å². The number of carbonyl (C=O) groups is 1. The summed E-state index contributed by atoms with van der Waals surface area (Å²) in [6.07, 6.45) is 0.354. The highest BCUT2D eigenvalue weighted by Gasteiger charge is 2.35. The van der Waals surface area contributed by atoms with Crippen molar-refractivity contribution in [1.29, 1.82) is 0 Å². The quantitative estimate of drug-likeness (QED) is 0.677. The second-order valence-corrected chi connectivity index (χ2v) is 8.87. The normalized spacial score (nSPS) is 22.6. The van der Waals surface area contributed by atoms with E-state index in [0.717, 1.165) is 6.42 Å². The zero-order valence-electron chi connectivity index (χ0n) is 9.51. The van der Waals surface area contributed by atoms with Gasteiger partial charge in [-0.05, 0) is 26.6 Å². The van der Waals surface area contributed by atoms with Gasteiger partial charge in [-0.2, -0.15) is 0 Å². The van der Waals surface area contributed by atoms with Crippen molar-refractivity contribution in [2.45, 2.75) is 46.0 Å². The van der Waals surface area contributed by atoms with E-state index in [1.807, 2.05) is 6.92 Å². The Kier molecular flexibility index (Phi) is 3.04. The predicted molar refractivity (Wildman–Crippen MR) is 57.3 cm³/mol. The molecule has 0 saturated carbocycles. The van der Waals surface area contributed by atoms with Gasteiger partial charge in [0, 0.05) is 6.42 Å². The number of ether oxygens (including phenoxy) is 1. The largest absolute Gasteiger partial charge is 0.540 e. The van der Waals surface area contributed by atoms with Gasteiger partial charge in [-0.15, -0.1) is 0 Å². The van der Waals surface area contributed by atoms with Gasteiger partial charge in [0.1, 0.15) is 5.76 Å². The van der Waals surface area contributed by atoms with Crippen LogP contribution in [0.3, 0.4) is 0 Å². The molecule has 1 aliphatic heterocycles. The highest BCUT2D eigenvalue weighted by molar-refractivity contribution is 6.70. The van der Waals surface area contributed by atoms with Crippen molar-refractivity contribution in [3.05, 3.63) is 11.5 Å². The zero-order valence-corrected chi connectivity index (χ0v) is 10.5. The maximum Gasteiger partial charge on any atom is 0.242 e. The van der Waals surface area contributed by atoms with E-state index in [0.29, 0.717) is 11.5 Å². The molecule has 3 nitrogen and oxygen atoms in total. The highest BCUT2D eigenvalue weighted by Crippen LogP contribution is 2.27. The van der Waals surface area contributed by atoms with Gasteiger partial charge in [0.15, 0.2) is 11.9 Å². The zero-order chi connectivity index (χ0) is 10.9. The SMILES string of the molecule is CCC1=C(O[Si](C)(C)C)C(=O)C(C)O1. The van der Waals surface area contributed by atoms with Crippen LogP contribution in [-0.2, 0) is 14.0 Å². The molecule has 0 fully saturated rings. The molecule has 0 aromatic carbocycles. The molecule has 1 rings (SSSR count). The lowest BCUT2D eigenvalue weighted by atomic mass is 10.2. The van der Waals surface area contributed by atoms with Crippen molar-refractivity contribution in [3.63, 3.8) is 0 Å². The Morgan fingerprint density at radius 3 is 2.43 bits per heavy atom. The van der Waals surface area contributed by atoms with Crippen LogP contribution in [0.2, 0.25) is 19.6 Å². The van der Waals surface area contributed by atoms with Crippen molar-refractivity contribution in [2.24, 2.45) is 0 Å². The van der Waals surface area contributed by atoms with Crippen LogP contribution in [0.1, 0.15) is 20.3 Å². The van der Waals surface area contributed by atoms with Crippen LogP contribution < -0.4 is 0 Å². The van der Waals surface area contributed by atoms with Crippen LogP contribution in [0.4, 0.5) is 0 Å². The molecule has 1 heterocycles. The molecule has 0 aromatic rings. The third kappa shape index (κ3) is 2.38. The molecule has 0 spiro atoms. The van der Waals surface area contributed by atoms with Crippen LogP contribution in [0.15, 0.2) is 11.5 Å². The Hall–Kier alpha value is -0.773. The lowest BCUT2D eigenvalue weighted by molar-refractivity contribution is -0.122. The summed E-state index contributed by atoms with van der Waals surface area (Å²) < 4.78 is 11.1. The third-order valence-corrected chi connectivity index (χ3v) is 2.71. The van der Waals surface area contributed by atoms with Crippen LogP contribution in [0.5, 0.6) is 0 Å². The van der Waals surface area contributed by atoms with E-state index < -0.39 is 8.32 Å². The molecule has 0 N–H and O–H groups in total. The molecule has 0 amide bonds. The smallest absolute Gasteiger partial charge is 0.242 e. The Morgan fingerprint density at radius 1 is 1.43 bits per heavy atom. The monoisotopic (exact) mass is 214 g/mol. The molecule has 0 aliphatic carbocycles. The molecule has 0 bridgehead atoms. The number of ketones is 1. The second kappa shape index (κ2) is 3.77. The summed E-state index contributed by atoms with van der Waals surface area (Å²) in [5, 5.41) is 0. The lowest BCUT2D eigenvalue weighted by Gasteiger charge is -2.19. The van der Waals surface area contributed by atoms with E-state index >= 15 is 0 Å². The van der Waals surface area contributed by atoms with Crippen molar-refractivity contribution in [3.8, 4) is 0 Å². The van der Waals surface area contributed by atoms with Gasteiger partial charge in [-0.1, -0.05) is 6.92 Å². The summed E-state index contributed by atoms with van der Waals surface area (Å²) in [6, 6.07) is 0. The third-order valence-electron chi connectivity index (χ3n) is 1.89. The number of rotatable bonds is 3. The average molecular weight is 214 g/mol. The van der Waals surface area contributed by atoms with Gasteiger partial charge < -0.3 is 9.16 Å². The Labute approximate surface area is 86.2 Å². The highest BCUT2D eigenvalue weighted by atomic mass is 28.4. The van der Waals surface area contributed by atoms with Gasteiger partial charge >= 0.3 is 0 Å². The van der Waals surface area contributed by atoms with Crippen LogP contribution in [-0.4, -0.2) is 20.2 Å². The molecule has 1 aliphatic rings. The van der Waals surface area contributed by atoms with Crippen molar-refractivity contribution >= 4 is 14.1 Å². The fraction of sp³-hybridized carbons (Fsp3) is 0.700. The first-order valence-corrected chi connectivity index (χ1v) is 8.39. The van der Waals surface area contributed by atoms with Gasteiger partial charge in [0.2, 0.25) is 14.1 Å². The molecular formula is C10H18O3Si. The summed E-state index contributed by atoms with van der Waals surface area (Å²) in [5.74, 6) is 1.17. The van der Waals surface area contributed by atoms with Gasteiger partial charge in [0.05, 0.1) is 0 Å². The predicted octanol–water partition coefficient (Wildman–Crippen LogP) is 2.45. The topological polar surface area (TPSA) is 35.5 Å². The number of allylic oxidation sites excluding steroid dienone is 1. The first kappa shape index (κ1) is 11.3. The van der Waals surface area contributed by atoms with Crippen LogP contribution in [0.25, 0.3) is 0 Å². The minimum atomic E-state index is -1.71. The summed E-state index contributed by atoms with van der Waals surface area (Å²) in [6.45, 7) is 9.91. The van der Waals surface area contributed by atoms with E-state index in [1.165, 1.54) is 0 Å². The molecule has 4 heteroatoms. The van der Waals surface area contributed by atoms with E-state index in [2.05, 4.69) is 19.6 Å². The maximum absolute atomic E-state index is 11.7. The van der Waals surface area contributed by atoms with Crippen LogP contribution in [0, 0.1) is 0 Å². The second-order valence-electron chi connectivity index (χ2n) is 4.44. The fourth-order valence-electron chi connectivity index (χ4n) is 1.30. The fourth-order valence-corrected chi connectivity index (χ4v) is 2.13. The standard InChI is InChI=1S/C10H18O3Si/c1-6-8-10(13-14(3,4)5)9(11)7(2)12-8/h7H,6H2,1-5H3. The number of carbonyl (C=O) groups excluding carboxylic acids is 1. The van der Waals surface area contributed by atoms with E-state index in [-0.39, 0.29) is 11.9 Å². The van der Waals surface area contributed by atoms with Crippen LogP contribution >= 0.6 is 0 Å². The first-order chi connectivity index (χ1) is 6.35. The Morgan fingerprint density at radius 2 is 2.00 bits per heavy atom. The van der Waals surface area contributed by atoms with Crippen molar-refractivity contribution < 1.29 is 14.0 Å². The minimum Gasteiger partial charge on any atom is -0.540 e. The van der Waals surface area contributed by atoms with Gasteiger partial charge in [-0.25, -0.2) is 0 Å². The van der Waals surface area contributed by atoms with E-state index in [1.54, 1.807) is 6.92 Å². The molecule has 14 heavy (non-hydrogen) atoms. The summed E-state index contributed by atoms with van der Waals surface area (Å²) in [4.78, 5) is 11.7. The van der Waals surface area contributed by atoms with Crippen molar-refractivity contribution in [1.82, 2.24) is 0 Å². The maximum atomic E-state index is 11.7. The van der Waals surface area contributed by atoms with E-state index in [4.69, 9.17) is 9.16 Å². The molecule has 1 unspecified atom stereocenters. The Balaban J connectivity index is 2.87.